The van der Waals surface area contributed by atoms with Gasteiger partial charge in [0.05, 0.1) is 6.21 Å². The molecule has 0 amide bonds. The number of rotatable bonds is 2. The molecule has 0 bridgehead atoms. The molecule has 1 aromatic rings. The van der Waals surface area contributed by atoms with E-state index < -0.39 is 0 Å². The third kappa shape index (κ3) is 2.63. The molecule has 4 N–H and O–H groups in total. The molecule has 0 radical (unpaired) electrons. The second-order valence-electron chi connectivity index (χ2n) is 1.91. The van der Waals surface area contributed by atoms with Crippen molar-refractivity contribution in [1.29, 1.82) is 0 Å². The van der Waals surface area contributed by atoms with E-state index in [-0.39, 0.29) is 5.96 Å². The molecule has 1 aromatic heterocycles. The molecule has 1 rings (SSSR count). The number of hydrogen-bond acceptors (Lipinski definition) is 3. The van der Waals surface area contributed by atoms with Crippen LogP contribution < -0.4 is 11.5 Å². The number of furan rings is 1. The van der Waals surface area contributed by atoms with Crippen LogP contribution in [0.5, 0.6) is 0 Å². The molecule has 0 atom stereocenters. The Morgan fingerprint density at radius 2 is 2.25 bits per heavy atom. The Labute approximate surface area is 73.7 Å². The normalized spacial score (nSPS) is 10.4. The quantitative estimate of drug-likeness (QED) is 0.401. The van der Waals surface area contributed by atoms with Crippen LogP contribution in [0.25, 0.3) is 0 Å². The molecule has 0 aliphatic carbocycles. The van der Waals surface area contributed by atoms with Crippen LogP contribution in [0.3, 0.4) is 0 Å². The van der Waals surface area contributed by atoms with Gasteiger partial charge in [-0.25, -0.2) is 0 Å². The molecule has 12 heavy (non-hydrogen) atoms. The highest BCUT2D eigenvalue weighted by molar-refractivity contribution is 6.28. The second-order valence-corrected chi connectivity index (χ2v) is 2.28. The van der Waals surface area contributed by atoms with Crippen molar-refractivity contribution in [2.75, 3.05) is 0 Å². The minimum atomic E-state index is -0.107. The zero-order chi connectivity index (χ0) is 8.97. The van der Waals surface area contributed by atoms with E-state index in [9.17, 15) is 0 Å². The first-order chi connectivity index (χ1) is 5.68. The number of hydrogen-bond donors (Lipinski definition) is 2. The maximum atomic E-state index is 5.49. The van der Waals surface area contributed by atoms with E-state index >= 15 is 0 Å². The Morgan fingerprint density at radius 1 is 1.50 bits per heavy atom. The highest BCUT2D eigenvalue weighted by Crippen LogP contribution is 2.10. The molecule has 0 saturated heterocycles. The summed E-state index contributed by atoms with van der Waals surface area (Å²) in [6.45, 7) is 0. The van der Waals surface area contributed by atoms with Crippen LogP contribution in [0.1, 0.15) is 5.76 Å². The van der Waals surface area contributed by atoms with Gasteiger partial charge in [-0.3, -0.25) is 0 Å². The molecule has 5 nitrogen and oxygen atoms in total. The first-order valence-corrected chi connectivity index (χ1v) is 3.43. The average Bonchev–Trinajstić information content (AvgIpc) is 2.35. The number of nitrogens with two attached hydrogens (primary N) is 2. The van der Waals surface area contributed by atoms with Crippen molar-refractivity contribution in [3.8, 4) is 0 Å². The van der Waals surface area contributed by atoms with Crippen LogP contribution in [0.2, 0.25) is 5.22 Å². The maximum absolute atomic E-state index is 5.49. The summed E-state index contributed by atoms with van der Waals surface area (Å²) in [6.07, 6.45) is 1.35. The topological polar surface area (TPSA) is 89.9 Å². The van der Waals surface area contributed by atoms with Crippen LogP contribution >= 0.6 is 11.6 Å². The fourth-order valence-electron chi connectivity index (χ4n) is 0.550. The van der Waals surface area contributed by atoms with Crippen molar-refractivity contribution in [3.05, 3.63) is 23.1 Å². The first-order valence-electron chi connectivity index (χ1n) is 3.06. The van der Waals surface area contributed by atoms with E-state index in [0.29, 0.717) is 11.0 Å². The minimum Gasteiger partial charge on any atom is -0.444 e. The predicted octanol–water partition coefficient (Wildman–Crippen LogP) is 0.540. The summed E-state index contributed by atoms with van der Waals surface area (Å²) in [4.78, 5) is 0. The van der Waals surface area contributed by atoms with Gasteiger partial charge in [0.2, 0.25) is 5.96 Å². The molecule has 0 aliphatic heterocycles. The summed E-state index contributed by atoms with van der Waals surface area (Å²) in [7, 11) is 0. The number of halogens is 1. The van der Waals surface area contributed by atoms with E-state index in [2.05, 4.69) is 10.2 Å². The van der Waals surface area contributed by atoms with Crippen LogP contribution in [-0.2, 0) is 0 Å². The minimum absolute atomic E-state index is 0.107. The fraction of sp³-hybridized carbons (Fsp3) is 0. The first kappa shape index (κ1) is 8.61. The molecular weight excluding hydrogens is 180 g/mol. The van der Waals surface area contributed by atoms with Crippen LogP contribution in [0.4, 0.5) is 0 Å². The Bertz CT molecular complexity index is 313. The fourth-order valence-corrected chi connectivity index (χ4v) is 0.702. The molecule has 0 aliphatic rings. The van der Waals surface area contributed by atoms with Crippen molar-refractivity contribution >= 4 is 23.8 Å². The lowest BCUT2D eigenvalue weighted by molar-refractivity contribution is 0.562. The van der Waals surface area contributed by atoms with Crippen molar-refractivity contribution in [2.24, 2.45) is 21.7 Å². The molecular formula is C6H7ClN4O. The van der Waals surface area contributed by atoms with Gasteiger partial charge in [-0.1, -0.05) is 0 Å². The third-order valence-corrected chi connectivity index (χ3v) is 1.16. The number of nitrogens with zero attached hydrogens (tertiary/aromatic N) is 2. The summed E-state index contributed by atoms with van der Waals surface area (Å²) < 4.78 is 4.93. The highest BCUT2D eigenvalue weighted by Gasteiger charge is 1.93. The third-order valence-electron chi connectivity index (χ3n) is 0.952. The lowest BCUT2D eigenvalue weighted by atomic mass is 10.5. The smallest absolute Gasteiger partial charge is 0.211 e. The van der Waals surface area contributed by atoms with Crippen molar-refractivity contribution in [2.45, 2.75) is 0 Å². The van der Waals surface area contributed by atoms with Gasteiger partial charge in [0.25, 0.3) is 0 Å². The van der Waals surface area contributed by atoms with Crippen molar-refractivity contribution in [1.82, 2.24) is 0 Å². The average molecular weight is 187 g/mol. The van der Waals surface area contributed by atoms with Gasteiger partial charge >= 0.3 is 0 Å². The highest BCUT2D eigenvalue weighted by atomic mass is 35.5. The zero-order valence-corrected chi connectivity index (χ0v) is 6.82. The summed E-state index contributed by atoms with van der Waals surface area (Å²) in [6, 6.07) is 3.24. The molecule has 0 fully saturated rings. The standard InChI is InChI=1S/C6H7ClN4O/c7-5-2-1-4(12-5)3-10-11-6(8)9/h1-3H,(H4,8,9,11). The SMILES string of the molecule is NC(N)=NN=Cc1ccc(Cl)o1. The predicted molar refractivity (Wildman–Crippen MR) is 47.1 cm³/mol. The second kappa shape index (κ2) is 3.77. The van der Waals surface area contributed by atoms with Gasteiger partial charge in [-0.05, 0) is 23.7 Å². The lowest BCUT2D eigenvalue weighted by Gasteiger charge is -1.83. The lowest BCUT2D eigenvalue weighted by Crippen LogP contribution is -2.21. The Kier molecular flexibility index (Phi) is 2.71. The van der Waals surface area contributed by atoms with E-state index in [4.69, 9.17) is 27.5 Å². The summed E-state index contributed by atoms with van der Waals surface area (Å²) in [5.41, 5.74) is 10.0. The van der Waals surface area contributed by atoms with E-state index in [1.807, 2.05) is 0 Å². The van der Waals surface area contributed by atoms with Gasteiger partial charge in [0.15, 0.2) is 5.22 Å². The van der Waals surface area contributed by atoms with Gasteiger partial charge in [-0.2, -0.15) is 5.10 Å². The van der Waals surface area contributed by atoms with Gasteiger partial charge < -0.3 is 15.9 Å². The van der Waals surface area contributed by atoms with Crippen LogP contribution in [0.15, 0.2) is 26.8 Å². The zero-order valence-electron chi connectivity index (χ0n) is 6.07. The van der Waals surface area contributed by atoms with E-state index in [1.165, 1.54) is 6.21 Å². The van der Waals surface area contributed by atoms with Gasteiger partial charge in [0, 0.05) is 0 Å². The summed E-state index contributed by atoms with van der Waals surface area (Å²) in [5, 5.41) is 7.18. The molecule has 0 spiro atoms. The molecule has 6 heteroatoms. The van der Waals surface area contributed by atoms with Crippen LogP contribution in [-0.4, -0.2) is 12.2 Å². The van der Waals surface area contributed by atoms with Crippen LogP contribution in [0, 0.1) is 0 Å². The summed E-state index contributed by atoms with van der Waals surface area (Å²) >= 11 is 5.49. The largest absolute Gasteiger partial charge is 0.444 e. The van der Waals surface area contributed by atoms with E-state index in [0.717, 1.165) is 0 Å². The van der Waals surface area contributed by atoms with Gasteiger partial charge in [-0.15, -0.1) is 5.10 Å². The molecule has 1 heterocycles. The maximum Gasteiger partial charge on any atom is 0.211 e. The molecule has 64 valence electrons. The Hall–Kier alpha value is -1.49. The molecule has 0 saturated carbocycles. The Morgan fingerprint density at radius 3 is 2.75 bits per heavy atom. The van der Waals surface area contributed by atoms with Gasteiger partial charge in [0.1, 0.15) is 5.76 Å². The molecule has 0 unspecified atom stereocenters. The molecule has 0 aromatic carbocycles. The monoisotopic (exact) mass is 186 g/mol. The number of guanidine groups is 1. The van der Waals surface area contributed by atoms with Crippen molar-refractivity contribution < 1.29 is 4.42 Å². The van der Waals surface area contributed by atoms with E-state index in [1.54, 1.807) is 12.1 Å². The van der Waals surface area contributed by atoms with Crippen molar-refractivity contribution in [3.63, 3.8) is 0 Å². The summed E-state index contributed by atoms with van der Waals surface area (Å²) in [5.74, 6) is 0.383. The Balaban J connectivity index is 2.64.